The van der Waals surface area contributed by atoms with Gasteiger partial charge in [0.05, 0.1) is 18.6 Å². The Morgan fingerprint density at radius 2 is 1.09 bits per heavy atom. The number of hydrogen-bond acceptors (Lipinski definition) is 9. The van der Waals surface area contributed by atoms with Crippen molar-refractivity contribution < 1.29 is 38.2 Å². The Hall–Kier alpha value is -6.37. The predicted molar refractivity (Wildman–Crippen MR) is 254 cm³/mol. The molecule has 0 radical (unpaired) electrons. The molecule has 0 saturated heterocycles. The summed E-state index contributed by atoms with van der Waals surface area (Å²) in [5.41, 5.74) is 6.35. The summed E-state index contributed by atoms with van der Waals surface area (Å²) in [4.78, 5) is 64.2. The van der Waals surface area contributed by atoms with E-state index in [0.717, 1.165) is 30.4 Å². The van der Waals surface area contributed by atoms with Gasteiger partial charge in [0, 0.05) is 37.0 Å². The van der Waals surface area contributed by atoms with Gasteiger partial charge in [0.25, 0.3) is 0 Å². The molecule has 4 rings (SSSR count). The van der Waals surface area contributed by atoms with Crippen molar-refractivity contribution in [2.45, 2.75) is 105 Å². The quantitative estimate of drug-likeness (QED) is 0.0602. The first-order chi connectivity index (χ1) is 30.4. The topological polar surface area (TPSA) is 168 Å². The summed E-state index contributed by atoms with van der Waals surface area (Å²) < 4.78 is 15.7. The first-order valence-electron chi connectivity index (χ1n) is 21.3. The van der Waals surface area contributed by atoms with Crippen LogP contribution in [0.15, 0.2) is 102 Å². The fourth-order valence-electron chi connectivity index (χ4n) is 5.23. The number of aliphatic imine (C=N–C) groups is 1. The standard InChI is InChI=1S/C21H26ClN3O3.C18H28N2O4.C10H11NO/c1-4-16-9-11-18(12-10-16)24-21(27)28-14-15(2)25(3)20(26)23-13-17-7-5-6-8-19(17)22;1-7-14-8-10-15(11-9-14)19-16(21)23-12-13(2)20(6)17(22)24-18(3,4)5;1-2-9-3-5-10(6-4-9)7-11-8-12/h5-12,15H,4,13-14H2,1-3H3,(H,23,26)(H,24,27);8-11,13H,7,12H2,1-6H3,(H,19,21);3-6H,2,7H2,1H3/t15-;13-;/m00./s1. The molecule has 5 amide bonds. The average Bonchev–Trinajstić information content (AvgIpc) is 3.28. The first-order valence-corrected chi connectivity index (χ1v) is 21.6. The molecule has 0 aromatic heterocycles. The molecule has 0 aliphatic carbocycles. The van der Waals surface area contributed by atoms with Crippen LogP contribution in [-0.4, -0.2) is 85.2 Å². The number of rotatable bonds is 15. The Morgan fingerprint density at radius 3 is 1.52 bits per heavy atom. The number of urea groups is 1. The molecular formula is C49H65ClN6O8. The number of halogens is 1. The zero-order valence-electron chi connectivity index (χ0n) is 38.8. The molecule has 4 aromatic rings. The molecule has 64 heavy (non-hydrogen) atoms. The second-order valence-electron chi connectivity index (χ2n) is 15.8. The third kappa shape index (κ3) is 21.1. The molecule has 0 aliphatic heterocycles. The molecule has 0 unspecified atom stereocenters. The molecular weight excluding hydrogens is 836 g/mol. The monoisotopic (exact) mass is 900 g/mol. The molecule has 0 spiro atoms. The summed E-state index contributed by atoms with van der Waals surface area (Å²) in [6.07, 6.45) is 2.88. The van der Waals surface area contributed by atoms with Crippen molar-refractivity contribution >= 4 is 53.4 Å². The lowest BCUT2D eigenvalue weighted by Gasteiger charge is -2.28. The van der Waals surface area contributed by atoms with Crippen LogP contribution < -0.4 is 16.0 Å². The van der Waals surface area contributed by atoms with E-state index >= 15 is 0 Å². The molecule has 0 bridgehead atoms. The van der Waals surface area contributed by atoms with E-state index in [9.17, 15) is 24.0 Å². The molecule has 0 saturated carbocycles. The van der Waals surface area contributed by atoms with Crippen LogP contribution in [0, 0.1) is 0 Å². The Bertz CT molecular complexity index is 2090. The summed E-state index contributed by atoms with van der Waals surface area (Å²) in [5.74, 6) is 0. The third-order valence-electron chi connectivity index (χ3n) is 9.60. The number of nitrogens with zero attached hydrogens (tertiary/aromatic N) is 3. The van der Waals surface area contributed by atoms with Crippen molar-refractivity contribution in [3.63, 3.8) is 0 Å². The van der Waals surface area contributed by atoms with Crippen molar-refractivity contribution in [2.24, 2.45) is 4.99 Å². The number of carbonyl (C=O) groups excluding carboxylic acids is 5. The predicted octanol–water partition coefficient (Wildman–Crippen LogP) is 10.8. The highest BCUT2D eigenvalue weighted by atomic mass is 35.5. The van der Waals surface area contributed by atoms with E-state index in [1.807, 2.05) is 78.9 Å². The van der Waals surface area contributed by atoms with Crippen molar-refractivity contribution in [3.8, 4) is 0 Å². The van der Waals surface area contributed by atoms with E-state index in [0.29, 0.717) is 29.5 Å². The molecule has 0 heterocycles. The number of likely N-dealkylation sites (N-methyl/N-ethyl adjacent to an activating group) is 2. The Morgan fingerprint density at radius 1 is 0.672 bits per heavy atom. The smallest absolute Gasteiger partial charge is 0.411 e. The number of nitrogens with one attached hydrogen (secondary N) is 3. The third-order valence-corrected chi connectivity index (χ3v) is 9.97. The van der Waals surface area contributed by atoms with Crippen LogP contribution in [0.5, 0.6) is 0 Å². The first kappa shape index (κ1) is 53.8. The number of ether oxygens (including phenoxy) is 3. The van der Waals surface area contributed by atoms with Crippen molar-refractivity contribution in [2.75, 3.05) is 37.9 Å². The number of anilines is 2. The number of isocyanates is 1. The normalized spacial score (nSPS) is 11.3. The van der Waals surface area contributed by atoms with Gasteiger partial charge in [-0.05, 0) is 112 Å². The number of amides is 5. The van der Waals surface area contributed by atoms with E-state index in [4.69, 9.17) is 25.8 Å². The van der Waals surface area contributed by atoms with Gasteiger partial charge < -0.3 is 29.3 Å². The maximum absolute atomic E-state index is 12.3. The van der Waals surface area contributed by atoms with Crippen LogP contribution >= 0.6 is 11.6 Å². The molecule has 0 aliphatic rings. The van der Waals surface area contributed by atoms with Crippen LogP contribution in [0.1, 0.15) is 83.2 Å². The van der Waals surface area contributed by atoms with Gasteiger partial charge in [-0.3, -0.25) is 10.6 Å². The van der Waals surface area contributed by atoms with Crippen molar-refractivity contribution in [1.82, 2.24) is 15.1 Å². The fraction of sp³-hybridized carbons (Fsp3) is 0.408. The molecule has 0 fully saturated rings. The number of hydrogen-bond donors (Lipinski definition) is 3. The van der Waals surface area contributed by atoms with E-state index in [-0.39, 0.29) is 31.3 Å². The lowest BCUT2D eigenvalue weighted by atomic mass is 10.1. The highest BCUT2D eigenvalue weighted by Gasteiger charge is 2.24. The summed E-state index contributed by atoms with van der Waals surface area (Å²) in [5, 5.41) is 8.74. The lowest BCUT2D eigenvalue weighted by molar-refractivity contribution is 0.0171. The van der Waals surface area contributed by atoms with Gasteiger partial charge >= 0.3 is 24.3 Å². The largest absolute Gasteiger partial charge is 0.447 e. The summed E-state index contributed by atoms with van der Waals surface area (Å²) in [6.45, 7) is 16.2. The van der Waals surface area contributed by atoms with Gasteiger partial charge in [-0.1, -0.05) is 99.1 Å². The molecule has 4 aromatic carbocycles. The maximum atomic E-state index is 12.3. The SMILES string of the molecule is CCc1ccc(CN=C=O)cc1.CCc1ccc(NC(=O)OC[C@H](C)N(C)C(=O)NCc2ccccc2Cl)cc1.CCc1ccc(NC(=O)OC[C@H](C)N(C)C(=O)OC(C)(C)C)cc1. The zero-order valence-corrected chi connectivity index (χ0v) is 39.6. The molecule has 346 valence electrons. The Labute approximate surface area is 383 Å². The number of benzene rings is 4. The van der Waals surface area contributed by atoms with Gasteiger partial charge in [0.15, 0.2) is 0 Å². The van der Waals surface area contributed by atoms with Gasteiger partial charge in [-0.15, -0.1) is 0 Å². The number of carbonyl (C=O) groups is 4. The lowest BCUT2D eigenvalue weighted by Crippen LogP contribution is -2.44. The van der Waals surface area contributed by atoms with Crippen LogP contribution in [0.3, 0.4) is 0 Å². The summed E-state index contributed by atoms with van der Waals surface area (Å²) in [6, 6.07) is 29.7. The highest BCUT2D eigenvalue weighted by Crippen LogP contribution is 2.16. The van der Waals surface area contributed by atoms with Gasteiger partial charge in [-0.25, -0.2) is 29.0 Å². The molecule has 15 heteroatoms. The Kier molecular flexibility index (Phi) is 23.8. The molecule has 3 N–H and O–H groups in total. The fourth-order valence-corrected chi connectivity index (χ4v) is 5.43. The summed E-state index contributed by atoms with van der Waals surface area (Å²) in [7, 11) is 3.26. The van der Waals surface area contributed by atoms with Gasteiger partial charge in [0.2, 0.25) is 6.08 Å². The van der Waals surface area contributed by atoms with Crippen LogP contribution in [-0.2, 0) is 51.4 Å². The molecule has 2 atom stereocenters. The average molecular weight is 902 g/mol. The minimum absolute atomic E-state index is 0.0780. The zero-order chi connectivity index (χ0) is 47.7. The summed E-state index contributed by atoms with van der Waals surface area (Å²) >= 11 is 6.09. The second-order valence-corrected chi connectivity index (χ2v) is 16.2. The van der Waals surface area contributed by atoms with Crippen LogP contribution in [0.4, 0.5) is 30.6 Å². The highest BCUT2D eigenvalue weighted by molar-refractivity contribution is 6.31. The second kappa shape index (κ2) is 28.3. The Balaban J connectivity index is 0.000000355. The van der Waals surface area contributed by atoms with E-state index in [2.05, 4.69) is 53.8 Å². The van der Waals surface area contributed by atoms with E-state index < -0.39 is 23.9 Å². The maximum Gasteiger partial charge on any atom is 0.411 e. The van der Waals surface area contributed by atoms with Gasteiger partial charge in [0.1, 0.15) is 18.8 Å². The molecule has 14 nitrogen and oxygen atoms in total. The van der Waals surface area contributed by atoms with E-state index in [1.54, 1.807) is 54.8 Å². The van der Waals surface area contributed by atoms with Crippen LogP contribution in [0.25, 0.3) is 0 Å². The van der Waals surface area contributed by atoms with Crippen molar-refractivity contribution in [1.29, 1.82) is 0 Å². The van der Waals surface area contributed by atoms with Crippen LogP contribution in [0.2, 0.25) is 5.02 Å². The minimum Gasteiger partial charge on any atom is -0.447 e. The van der Waals surface area contributed by atoms with E-state index in [1.165, 1.54) is 32.6 Å². The van der Waals surface area contributed by atoms with Gasteiger partial charge in [-0.2, -0.15) is 0 Å². The minimum atomic E-state index is -0.562. The number of aryl methyl sites for hydroxylation is 3. The van der Waals surface area contributed by atoms with Crippen molar-refractivity contribution in [3.05, 3.63) is 130 Å².